The Kier molecular flexibility index (Phi) is 4.67. The summed E-state index contributed by atoms with van der Waals surface area (Å²) in [5.74, 6) is 0. The van der Waals surface area contributed by atoms with Gasteiger partial charge in [-0.3, -0.25) is 0 Å². The van der Waals surface area contributed by atoms with Crippen molar-refractivity contribution in [2.45, 2.75) is 0 Å². The maximum atomic E-state index is 6.61. The van der Waals surface area contributed by atoms with Gasteiger partial charge in [0.15, 0.2) is 0 Å². The lowest BCUT2D eigenvalue weighted by Gasteiger charge is -2.20. The first-order valence-electron chi connectivity index (χ1n) is 13.2. The van der Waals surface area contributed by atoms with Gasteiger partial charge in [-0.15, -0.1) is 0 Å². The van der Waals surface area contributed by atoms with Crippen LogP contribution >= 0.6 is 0 Å². The minimum atomic E-state index is 0.733. The van der Waals surface area contributed by atoms with Gasteiger partial charge < -0.3 is 14.7 Å². The number of rotatable bonds is 3. The van der Waals surface area contributed by atoms with E-state index < -0.39 is 0 Å². The second-order valence-corrected chi connectivity index (χ2v) is 9.98. The molecule has 3 heteroatoms. The molecule has 2 heterocycles. The van der Waals surface area contributed by atoms with Gasteiger partial charge in [0.25, 0.3) is 0 Å². The highest BCUT2D eigenvalue weighted by Gasteiger charge is 2.23. The van der Waals surface area contributed by atoms with Gasteiger partial charge in [-0.1, -0.05) is 97.1 Å². The van der Waals surface area contributed by atoms with E-state index in [1.807, 2.05) is 12.1 Å². The zero-order valence-electron chi connectivity index (χ0n) is 21.1. The maximum absolute atomic E-state index is 6.61. The Morgan fingerprint density at radius 1 is 0.513 bits per heavy atom. The highest BCUT2D eigenvalue weighted by molar-refractivity contribution is 6.25. The standard InChI is InChI=1S/C36H24N2O/c37-25-21-29(23-11-3-1-4-12-23)35(30(22-25)24-13-5-2-6-14-24)38-31-17-9-7-15-26(31)27-19-20-33-34(36(27)38)28-16-8-10-18-32(28)39-33/h1-22H,37H2. The normalized spacial score (nSPS) is 11.7. The molecule has 0 atom stereocenters. The molecule has 0 amide bonds. The lowest BCUT2D eigenvalue weighted by Crippen LogP contribution is -2.02. The fraction of sp³-hybridized carbons (Fsp3) is 0. The molecule has 6 aromatic carbocycles. The minimum Gasteiger partial charge on any atom is -0.456 e. The Morgan fingerprint density at radius 2 is 1.10 bits per heavy atom. The van der Waals surface area contributed by atoms with E-state index >= 15 is 0 Å². The van der Waals surface area contributed by atoms with Crippen molar-refractivity contribution in [2.24, 2.45) is 0 Å². The molecule has 0 aliphatic heterocycles. The van der Waals surface area contributed by atoms with Crippen LogP contribution in [0, 0.1) is 0 Å². The molecule has 184 valence electrons. The van der Waals surface area contributed by atoms with Crippen LogP contribution < -0.4 is 5.73 Å². The zero-order valence-corrected chi connectivity index (χ0v) is 21.1. The summed E-state index contributed by atoms with van der Waals surface area (Å²) < 4.78 is 8.79. The first kappa shape index (κ1) is 21.8. The van der Waals surface area contributed by atoms with Gasteiger partial charge in [0.05, 0.1) is 22.1 Å². The number of nitrogens with zero attached hydrogens (tertiary/aromatic N) is 1. The molecule has 3 nitrogen and oxygen atoms in total. The van der Waals surface area contributed by atoms with E-state index in [4.69, 9.17) is 10.2 Å². The number of anilines is 1. The Bertz CT molecular complexity index is 2110. The molecule has 2 N–H and O–H groups in total. The monoisotopic (exact) mass is 500 g/mol. The smallest absolute Gasteiger partial charge is 0.137 e. The third-order valence-electron chi connectivity index (χ3n) is 7.70. The molecular weight excluding hydrogens is 476 g/mol. The van der Waals surface area contributed by atoms with Crippen molar-refractivity contribution < 1.29 is 4.42 Å². The van der Waals surface area contributed by atoms with E-state index in [0.717, 1.165) is 66.6 Å². The summed E-state index contributed by atoms with van der Waals surface area (Å²) >= 11 is 0. The van der Waals surface area contributed by atoms with Gasteiger partial charge in [0, 0.05) is 33.0 Å². The lowest BCUT2D eigenvalue weighted by atomic mass is 9.94. The van der Waals surface area contributed by atoms with E-state index in [1.54, 1.807) is 0 Å². The van der Waals surface area contributed by atoms with Gasteiger partial charge in [0.2, 0.25) is 0 Å². The molecule has 39 heavy (non-hydrogen) atoms. The molecule has 0 spiro atoms. The van der Waals surface area contributed by atoms with E-state index in [2.05, 4.69) is 126 Å². The molecule has 0 saturated carbocycles. The number of aromatic nitrogens is 1. The fourth-order valence-electron chi connectivity index (χ4n) is 6.07. The van der Waals surface area contributed by atoms with Gasteiger partial charge >= 0.3 is 0 Å². The SMILES string of the molecule is Nc1cc(-c2ccccc2)c(-n2c3ccccc3c3ccc4oc5ccccc5c4c32)c(-c2ccccc2)c1. The number of nitrogen functional groups attached to an aromatic ring is 1. The molecule has 8 rings (SSSR count). The van der Waals surface area contributed by atoms with Gasteiger partial charge in [-0.2, -0.15) is 0 Å². The molecule has 0 radical (unpaired) electrons. The lowest BCUT2D eigenvalue weighted by molar-refractivity contribution is 0.669. The third-order valence-corrected chi connectivity index (χ3v) is 7.70. The molecule has 8 aromatic rings. The fourth-order valence-corrected chi connectivity index (χ4v) is 6.07. The number of hydrogen-bond donors (Lipinski definition) is 1. The quantitative estimate of drug-likeness (QED) is 0.245. The summed E-state index contributed by atoms with van der Waals surface area (Å²) in [5, 5.41) is 4.63. The van der Waals surface area contributed by atoms with Gasteiger partial charge in [-0.25, -0.2) is 0 Å². The summed E-state index contributed by atoms with van der Waals surface area (Å²) in [4.78, 5) is 0. The van der Waals surface area contributed by atoms with Crippen LogP contribution in [0.4, 0.5) is 5.69 Å². The van der Waals surface area contributed by atoms with Crippen LogP contribution in [0.3, 0.4) is 0 Å². The molecule has 0 bridgehead atoms. The Labute approximate surface area is 225 Å². The van der Waals surface area contributed by atoms with Crippen molar-refractivity contribution >= 4 is 49.4 Å². The zero-order chi connectivity index (χ0) is 25.9. The van der Waals surface area contributed by atoms with Crippen molar-refractivity contribution in [1.29, 1.82) is 0 Å². The predicted octanol–water partition coefficient (Wildman–Crippen LogP) is 9.60. The number of hydrogen-bond acceptors (Lipinski definition) is 2. The van der Waals surface area contributed by atoms with E-state index in [1.165, 1.54) is 10.8 Å². The molecule has 0 saturated heterocycles. The van der Waals surface area contributed by atoms with Crippen molar-refractivity contribution in [3.63, 3.8) is 0 Å². The summed E-state index contributed by atoms with van der Waals surface area (Å²) in [7, 11) is 0. The van der Waals surface area contributed by atoms with Crippen LogP contribution in [0.15, 0.2) is 138 Å². The van der Waals surface area contributed by atoms with Gasteiger partial charge in [-0.05, 0) is 47.5 Å². The van der Waals surface area contributed by atoms with E-state index in [9.17, 15) is 0 Å². The summed E-state index contributed by atoms with van der Waals surface area (Å²) in [6.07, 6.45) is 0. The molecule has 0 aliphatic carbocycles. The topological polar surface area (TPSA) is 44.1 Å². The van der Waals surface area contributed by atoms with E-state index in [0.29, 0.717) is 0 Å². The molecule has 0 fully saturated rings. The summed E-state index contributed by atoms with van der Waals surface area (Å²) in [6, 6.07) is 46.5. The van der Waals surface area contributed by atoms with Crippen LogP contribution in [0.25, 0.3) is 71.7 Å². The summed E-state index contributed by atoms with van der Waals surface area (Å²) in [6.45, 7) is 0. The molecule has 0 unspecified atom stereocenters. The first-order valence-corrected chi connectivity index (χ1v) is 13.2. The number of fused-ring (bicyclic) bond motifs is 7. The molecular formula is C36H24N2O. The van der Waals surface area contributed by atoms with Crippen LogP contribution in [0.5, 0.6) is 0 Å². The van der Waals surface area contributed by atoms with E-state index in [-0.39, 0.29) is 0 Å². The van der Waals surface area contributed by atoms with Crippen LogP contribution in [-0.4, -0.2) is 4.57 Å². The minimum absolute atomic E-state index is 0.733. The Morgan fingerprint density at radius 3 is 1.79 bits per heavy atom. The second-order valence-electron chi connectivity index (χ2n) is 9.98. The van der Waals surface area contributed by atoms with Crippen LogP contribution in [0.1, 0.15) is 0 Å². The van der Waals surface area contributed by atoms with Crippen LogP contribution in [-0.2, 0) is 0 Å². The van der Waals surface area contributed by atoms with Gasteiger partial charge in [0.1, 0.15) is 11.2 Å². The average molecular weight is 501 g/mol. The second kappa shape index (κ2) is 8.37. The number of benzene rings is 6. The highest BCUT2D eigenvalue weighted by Crippen LogP contribution is 2.45. The molecule has 2 aromatic heterocycles. The van der Waals surface area contributed by atoms with Crippen molar-refractivity contribution in [2.75, 3.05) is 5.73 Å². The highest BCUT2D eigenvalue weighted by atomic mass is 16.3. The average Bonchev–Trinajstić information content (AvgIpc) is 3.53. The van der Waals surface area contributed by atoms with Crippen molar-refractivity contribution in [1.82, 2.24) is 4.57 Å². The first-order chi connectivity index (χ1) is 19.3. The molecule has 0 aliphatic rings. The predicted molar refractivity (Wildman–Crippen MR) is 163 cm³/mol. The maximum Gasteiger partial charge on any atom is 0.137 e. The van der Waals surface area contributed by atoms with Crippen molar-refractivity contribution in [3.8, 4) is 27.9 Å². The van der Waals surface area contributed by atoms with Crippen LogP contribution in [0.2, 0.25) is 0 Å². The number of nitrogens with two attached hydrogens (primary N) is 1. The Balaban J connectivity index is 1.65. The third kappa shape index (κ3) is 3.23. The largest absolute Gasteiger partial charge is 0.456 e. The Hall–Kier alpha value is -5.28. The number of furan rings is 1. The summed E-state index contributed by atoms with van der Waals surface area (Å²) in [5.41, 5.74) is 16.9. The van der Waals surface area contributed by atoms with Crippen molar-refractivity contribution in [3.05, 3.63) is 133 Å². The number of para-hydroxylation sites is 2.